The molecule has 8 heteroatoms. The largest absolute Gasteiger partial charge is 0.496 e. The fraction of sp³-hybridized carbons (Fsp3) is 0.320. The summed E-state index contributed by atoms with van der Waals surface area (Å²) in [5.41, 5.74) is 2.55. The Balaban J connectivity index is 2.13. The quantitative estimate of drug-likeness (QED) is 0.508. The highest BCUT2D eigenvalue weighted by Gasteiger charge is 2.26. The predicted octanol–water partition coefficient (Wildman–Crippen LogP) is 4.09. The molecular formula is C25H29N3O5. The lowest BCUT2D eigenvalue weighted by atomic mass is 10.0. The smallest absolute Gasteiger partial charge is 0.326 e. The van der Waals surface area contributed by atoms with Crippen LogP contribution < -0.4 is 14.8 Å². The number of carbonyl (C=O) groups excluding carboxylic acids is 1. The molecule has 1 amide bonds. The summed E-state index contributed by atoms with van der Waals surface area (Å²) in [6.45, 7) is 5.79. The zero-order valence-corrected chi connectivity index (χ0v) is 19.5. The Morgan fingerprint density at radius 2 is 1.67 bits per heavy atom. The number of ether oxygens (including phenoxy) is 2. The van der Waals surface area contributed by atoms with E-state index in [1.807, 2.05) is 45.0 Å². The van der Waals surface area contributed by atoms with Crippen LogP contribution >= 0.6 is 0 Å². The summed E-state index contributed by atoms with van der Waals surface area (Å²) in [6.07, 6.45) is 1.91. The summed E-state index contributed by atoms with van der Waals surface area (Å²) in [7, 11) is 3.10. The molecule has 0 radical (unpaired) electrons. The zero-order chi connectivity index (χ0) is 24.1. The second kappa shape index (κ2) is 10.2. The number of hydrogen-bond donors (Lipinski definition) is 2. The van der Waals surface area contributed by atoms with Crippen molar-refractivity contribution < 1.29 is 24.2 Å². The number of nitrogens with zero attached hydrogens (tertiary/aromatic N) is 2. The number of nitrogens with one attached hydrogen (secondary N) is 1. The molecule has 0 spiro atoms. The molecule has 3 rings (SSSR count). The van der Waals surface area contributed by atoms with Crippen LogP contribution in [-0.2, 0) is 4.79 Å². The van der Waals surface area contributed by atoms with Gasteiger partial charge in [0, 0.05) is 11.9 Å². The van der Waals surface area contributed by atoms with Crippen LogP contribution in [0.1, 0.15) is 36.3 Å². The Kier molecular flexibility index (Phi) is 7.37. The predicted molar refractivity (Wildman–Crippen MR) is 125 cm³/mol. The highest BCUT2D eigenvalue weighted by atomic mass is 16.5. The molecule has 0 aliphatic rings. The van der Waals surface area contributed by atoms with Gasteiger partial charge in [-0.1, -0.05) is 37.6 Å². The van der Waals surface area contributed by atoms with Crippen LogP contribution in [0.5, 0.6) is 11.5 Å². The van der Waals surface area contributed by atoms with E-state index >= 15 is 0 Å². The molecule has 2 aromatic carbocycles. The molecule has 8 nitrogen and oxygen atoms in total. The van der Waals surface area contributed by atoms with Crippen molar-refractivity contribution in [2.45, 2.75) is 33.2 Å². The van der Waals surface area contributed by atoms with Gasteiger partial charge in [-0.2, -0.15) is 0 Å². The fourth-order valence-electron chi connectivity index (χ4n) is 3.56. The lowest BCUT2D eigenvalue weighted by Gasteiger charge is -2.15. The van der Waals surface area contributed by atoms with Crippen LogP contribution in [-0.4, -0.2) is 46.8 Å². The SMILES string of the molecule is COc1cccc(OC)c1-c1nc(C(=O)N[C@@H](CC(C)C)C(=O)O)cn1-c1ccc(C)cc1. The van der Waals surface area contributed by atoms with Crippen LogP contribution in [0.4, 0.5) is 0 Å². The number of carbonyl (C=O) groups is 2. The highest BCUT2D eigenvalue weighted by molar-refractivity contribution is 5.95. The Labute approximate surface area is 193 Å². The zero-order valence-electron chi connectivity index (χ0n) is 19.5. The van der Waals surface area contributed by atoms with Crippen molar-refractivity contribution in [3.8, 4) is 28.6 Å². The summed E-state index contributed by atoms with van der Waals surface area (Å²) >= 11 is 0. The molecule has 0 saturated heterocycles. The molecule has 0 bridgehead atoms. The minimum atomic E-state index is -1.08. The minimum absolute atomic E-state index is 0.0912. The Hall–Kier alpha value is -3.81. The molecule has 0 saturated carbocycles. The van der Waals surface area contributed by atoms with E-state index in [0.717, 1.165) is 11.3 Å². The Morgan fingerprint density at radius 3 is 2.18 bits per heavy atom. The number of hydrogen-bond acceptors (Lipinski definition) is 5. The summed E-state index contributed by atoms with van der Waals surface area (Å²) < 4.78 is 12.9. The lowest BCUT2D eigenvalue weighted by Crippen LogP contribution is -2.41. The van der Waals surface area contributed by atoms with Gasteiger partial charge < -0.3 is 19.9 Å². The maximum absolute atomic E-state index is 13.0. The summed E-state index contributed by atoms with van der Waals surface area (Å²) in [5.74, 6) is -0.0448. The van der Waals surface area contributed by atoms with Gasteiger partial charge in [-0.3, -0.25) is 9.36 Å². The molecule has 1 heterocycles. The topological polar surface area (TPSA) is 103 Å². The van der Waals surface area contributed by atoms with E-state index < -0.39 is 17.9 Å². The summed E-state index contributed by atoms with van der Waals surface area (Å²) in [6, 6.07) is 12.1. The number of aryl methyl sites for hydroxylation is 1. The first kappa shape index (κ1) is 23.8. The number of aromatic nitrogens is 2. The molecule has 0 unspecified atom stereocenters. The first-order chi connectivity index (χ1) is 15.7. The number of benzene rings is 2. The molecule has 33 heavy (non-hydrogen) atoms. The van der Waals surface area contributed by atoms with Gasteiger partial charge in [0.05, 0.1) is 14.2 Å². The highest BCUT2D eigenvalue weighted by Crippen LogP contribution is 2.38. The van der Waals surface area contributed by atoms with E-state index in [0.29, 0.717) is 29.3 Å². The van der Waals surface area contributed by atoms with Gasteiger partial charge in [-0.15, -0.1) is 0 Å². The van der Waals surface area contributed by atoms with Gasteiger partial charge in [0.1, 0.15) is 28.8 Å². The third-order valence-electron chi connectivity index (χ3n) is 5.21. The van der Waals surface area contributed by atoms with Gasteiger partial charge in [-0.25, -0.2) is 9.78 Å². The van der Waals surface area contributed by atoms with Crippen molar-refractivity contribution in [2.24, 2.45) is 5.92 Å². The van der Waals surface area contributed by atoms with Crippen molar-refractivity contribution in [3.05, 3.63) is 59.9 Å². The molecule has 0 aliphatic carbocycles. The molecule has 0 aliphatic heterocycles. The molecular weight excluding hydrogens is 422 g/mol. The van der Waals surface area contributed by atoms with Gasteiger partial charge >= 0.3 is 5.97 Å². The number of imidazole rings is 1. The van der Waals surface area contributed by atoms with E-state index in [1.54, 1.807) is 43.2 Å². The monoisotopic (exact) mass is 451 g/mol. The van der Waals surface area contributed by atoms with E-state index in [1.165, 1.54) is 0 Å². The molecule has 0 fully saturated rings. The van der Waals surface area contributed by atoms with Gasteiger partial charge in [0.15, 0.2) is 5.82 Å². The number of carboxylic acid groups (broad SMARTS) is 1. The van der Waals surface area contributed by atoms with Crippen LogP contribution in [0.15, 0.2) is 48.7 Å². The first-order valence-electron chi connectivity index (χ1n) is 10.7. The third-order valence-corrected chi connectivity index (χ3v) is 5.21. The van der Waals surface area contributed by atoms with Crippen molar-refractivity contribution in [2.75, 3.05) is 14.2 Å². The number of methoxy groups -OCH3 is 2. The van der Waals surface area contributed by atoms with Crippen molar-refractivity contribution in [1.82, 2.24) is 14.9 Å². The van der Waals surface area contributed by atoms with E-state index in [9.17, 15) is 14.7 Å². The summed E-state index contributed by atoms with van der Waals surface area (Å²) in [5, 5.41) is 12.1. The third kappa shape index (κ3) is 5.34. The molecule has 174 valence electrons. The maximum Gasteiger partial charge on any atom is 0.326 e. The number of carboxylic acids is 1. The standard InChI is InChI=1S/C25H29N3O5/c1-15(2)13-18(25(30)31)27-24(29)19-14-28(17-11-9-16(3)10-12-17)23(26-19)22-20(32-4)7-6-8-21(22)33-5/h6-12,14-15,18H,13H2,1-5H3,(H,27,29)(H,30,31)/t18-/m0/s1. The number of rotatable bonds is 9. The van der Waals surface area contributed by atoms with Gasteiger partial charge in [0.2, 0.25) is 0 Å². The summed E-state index contributed by atoms with van der Waals surface area (Å²) in [4.78, 5) is 29.2. The van der Waals surface area contributed by atoms with Crippen LogP contribution in [0, 0.1) is 12.8 Å². The fourth-order valence-corrected chi connectivity index (χ4v) is 3.56. The van der Waals surface area contributed by atoms with Crippen LogP contribution in [0.3, 0.4) is 0 Å². The van der Waals surface area contributed by atoms with Crippen LogP contribution in [0.25, 0.3) is 17.1 Å². The first-order valence-corrected chi connectivity index (χ1v) is 10.7. The van der Waals surface area contributed by atoms with Crippen LogP contribution in [0.2, 0.25) is 0 Å². The number of amides is 1. The van der Waals surface area contributed by atoms with E-state index in [4.69, 9.17) is 9.47 Å². The van der Waals surface area contributed by atoms with Crippen molar-refractivity contribution >= 4 is 11.9 Å². The second-order valence-electron chi connectivity index (χ2n) is 8.19. The van der Waals surface area contributed by atoms with Crippen molar-refractivity contribution in [1.29, 1.82) is 0 Å². The van der Waals surface area contributed by atoms with Crippen molar-refractivity contribution in [3.63, 3.8) is 0 Å². The Bertz CT molecular complexity index is 1110. The molecule has 2 N–H and O–H groups in total. The number of aliphatic carboxylic acids is 1. The van der Waals surface area contributed by atoms with E-state index in [2.05, 4.69) is 10.3 Å². The maximum atomic E-state index is 13.0. The lowest BCUT2D eigenvalue weighted by molar-refractivity contribution is -0.139. The van der Waals surface area contributed by atoms with Gasteiger partial charge in [0.25, 0.3) is 5.91 Å². The average Bonchev–Trinajstić information content (AvgIpc) is 3.23. The minimum Gasteiger partial charge on any atom is -0.496 e. The molecule has 1 atom stereocenters. The van der Waals surface area contributed by atoms with E-state index in [-0.39, 0.29) is 11.6 Å². The average molecular weight is 452 g/mol. The Morgan fingerprint density at radius 1 is 1.06 bits per heavy atom. The molecule has 1 aromatic heterocycles. The second-order valence-corrected chi connectivity index (χ2v) is 8.19. The van der Waals surface area contributed by atoms with Gasteiger partial charge in [-0.05, 0) is 43.5 Å². The normalized spacial score (nSPS) is 11.8. The molecule has 3 aromatic rings.